The zero-order chi connectivity index (χ0) is 17.1. The van der Waals surface area contributed by atoms with Crippen LogP contribution >= 0.6 is 0 Å². The fourth-order valence-corrected chi connectivity index (χ4v) is 3.32. The van der Waals surface area contributed by atoms with Gasteiger partial charge in [-0.25, -0.2) is 0 Å². The molecular weight excluding hydrogens is 352 g/mol. The maximum atomic E-state index is 3.22. The monoisotopic (exact) mass is 383 g/mol. The molecule has 0 saturated heterocycles. The van der Waals surface area contributed by atoms with Gasteiger partial charge in [-0.1, -0.05) is 65.0 Å². The fourth-order valence-electron chi connectivity index (χ4n) is 3.32. The van der Waals surface area contributed by atoms with Crippen LogP contribution < -0.4 is 63.1 Å². The Balaban J connectivity index is 0.00000155. The fraction of sp³-hybridized carbons (Fsp3) is 0.524. The third-order valence-corrected chi connectivity index (χ3v) is 4.05. The van der Waals surface area contributed by atoms with Gasteiger partial charge in [-0.2, -0.15) is 18.2 Å². The molecule has 1 aliphatic heterocycles. The Labute approximate surface area is 193 Å². The molecule has 23 heavy (non-hydrogen) atoms. The zero-order valence-electron chi connectivity index (χ0n) is 16.8. The van der Waals surface area contributed by atoms with Crippen LogP contribution in [0.3, 0.4) is 0 Å². The van der Waals surface area contributed by atoms with E-state index in [-0.39, 0.29) is 69.0 Å². The Hall–Kier alpha value is 0.305. The summed E-state index contributed by atoms with van der Waals surface area (Å²) in [5, 5.41) is 0. The van der Waals surface area contributed by atoms with Crippen molar-refractivity contribution in [3.63, 3.8) is 0 Å². The van der Waals surface area contributed by atoms with Gasteiger partial charge >= 0.3 is 58.2 Å². The second kappa shape index (κ2) is 9.13. The van der Waals surface area contributed by atoms with Gasteiger partial charge in [-0.3, -0.25) is 0 Å². The van der Waals surface area contributed by atoms with Gasteiger partial charge in [0.05, 0.1) is 0 Å². The van der Waals surface area contributed by atoms with Crippen LogP contribution in [0.5, 0.6) is 0 Å². The van der Waals surface area contributed by atoms with Crippen LogP contribution in [0.1, 0.15) is 61.0 Å². The molecule has 0 aliphatic carbocycles. The Bertz CT molecular complexity index is 575. The van der Waals surface area contributed by atoms with Crippen LogP contribution in [0, 0.1) is 11.5 Å². The molecule has 0 aromatic heterocycles. The molecule has 0 saturated carbocycles. The summed E-state index contributed by atoms with van der Waals surface area (Å²) in [5.41, 5.74) is 5.49. The largest absolute Gasteiger partial charge is 1.00 e. The molecule has 0 spiro atoms. The van der Waals surface area contributed by atoms with Gasteiger partial charge in [0.2, 0.25) is 0 Å². The SMILES string of the molecule is CC.CC(C)=CC(C)(C)/C=C1/N(C)c2cc[c-]cc2C1(C)C.[Rb+]. The number of anilines is 1. The maximum absolute atomic E-state index is 3.22. The van der Waals surface area contributed by atoms with E-state index in [1.807, 2.05) is 19.9 Å². The minimum absolute atomic E-state index is 0. The van der Waals surface area contributed by atoms with Crippen LogP contribution in [0.15, 0.2) is 41.6 Å². The number of likely N-dealkylation sites (N-methyl/N-ethyl adjacent to an activating group) is 1. The summed E-state index contributed by atoms with van der Waals surface area (Å²) >= 11 is 0. The Morgan fingerprint density at radius 1 is 1.22 bits per heavy atom. The predicted molar refractivity (Wildman–Crippen MR) is 99.4 cm³/mol. The minimum Gasteiger partial charge on any atom is -0.371 e. The van der Waals surface area contributed by atoms with Gasteiger partial charge < -0.3 is 4.90 Å². The summed E-state index contributed by atoms with van der Waals surface area (Å²) in [6.07, 6.45) is 4.74. The van der Waals surface area contributed by atoms with Gasteiger partial charge in [-0.05, 0) is 19.3 Å². The summed E-state index contributed by atoms with van der Waals surface area (Å²) in [6.45, 7) is 17.5. The molecule has 2 heteroatoms. The minimum atomic E-state index is 0. The van der Waals surface area contributed by atoms with E-state index in [4.69, 9.17) is 0 Å². The molecule has 0 fully saturated rings. The smallest absolute Gasteiger partial charge is 0.371 e. The van der Waals surface area contributed by atoms with Crippen LogP contribution in [0.4, 0.5) is 5.69 Å². The second-order valence-corrected chi connectivity index (χ2v) is 7.20. The van der Waals surface area contributed by atoms with Crippen molar-refractivity contribution >= 4 is 5.69 Å². The Morgan fingerprint density at radius 3 is 2.26 bits per heavy atom. The summed E-state index contributed by atoms with van der Waals surface area (Å²) in [5.74, 6) is 0. The number of rotatable bonds is 2. The molecule has 0 unspecified atom stereocenters. The van der Waals surface area contributed by atoms with E-state index in [1.54, 1.807) is 0 Å². The Morgan fingerprint density at radius 2 is 1.78 bits per heavy atom. The van der Waals surface area contributed by atoms with Crippen LogP contribution in [0.25, 0.3) is 0 Å². The molecular formula is C21H32NRb. The van der Waals surface area contributed by atoms with E-state index < -0.39 is 0 Å². The van der Waals surface area contributed by atoms with Gasteiger partial charge in [0.1, 0.15) is 0 Å². The van der Waals surface area contributed by atoms with Crippen molar-refractivity contribution in [1.82, 2.24) is 0 Å². The topological polar surface area (TPSA) is 3.24 Å². The maximum Gasteiger partial charge on any atom is 1.00 e. The molecule has 122 valence electrons. The van der Waals surface area contributed by atoms with E-state index in [1.165, 1.54) is 22.5 Å². The molecule has 2 rings (SSSR count). The van der Waals surface area contributed by atoms with Crippen molar-refractivity contribution in [3.8, 4) is 0 Å². The summed E-state index contributed by atoms with van der Waals surface area (Å²) in [6, 6.07) is 9.50. The van der Waals surface area contributed by atoms with Crippen molar-refractivity contribution in [1.29, 1.82) is 0 Å². The third-order valence-electron chi connectivity index (χ3n) is 4.05. The van der Waals surface area contributed by atoms with Gasteiger partial charge in [0.15, 0.2) is 0 Å². The van der Waals surface area contributed by atoms with Crippen LogP contribution in [0.2, 0.25) is 0 Å². The van der Waals surface area contributed by atoms with Crippen molar-refractivity contribution < 1.29 is 58.2 Å². The first-order valence-corrected chi connectivity index (χ1v) is 8.29. The summed E-state index contributed by atoms with van der Waals surface area (Å²) < 4.78 is 0. The summed E-state index contributed by atoms with van der Waals surface area (Å²) in [4.78, 5) is 2.32. The quantitative estimate of drug-likeness (QED) is 0.560. The number of benzene rings is 1. The van der Waals surface area contributed by atoms with Crippen LogP contribution in [-0.4, -0.2) is 7.05 Å². The molecule has 1 aliphatic rings. The summed E-state index contributed by atoms with van der Waals surface area (Å²) in [7, 11) is 2.16. The standard InChI is InChI=1S/C19H26N.C2H6.Rb/c1-14(2)12-18(3,4)13-17-19(5,6)15-10-8-9-11-16(15)20(17)7;1-2;/h9-13H,1-7H3;1-2H3;/q-1;;+1/b17-13+;;. The molecule has 1 heterocycles. The number of hydrogen-bond acceptors (Lipinski definition) is 1. The molecule has 1 nitrogen and oxygen atoms in total. The molecule has 0 amide bonds. The zero-order valence-corrected chi connectivity index (χ0v) is 21.8. The normalized spacial score (nSPS) is 16.9. The second-order valence-electron chi connectivity index (χ2n) is 7.20. The number of hydrogen-bond donors (Lipinski definition) is 0. The molecule has 0 atom stereocenters. The van der Waals surface area contributed by atoms with Gasteiger partial charge in [-0.15, -0.1) is 11.6 Å². The third kappa shape index (κ3) is 5.39. The number of nitrogens with zero attached hydrogens (tertiary/aromatic N) is 1. The number of allylic oxidation sites excluding steroid dienone is 4. The molecule has 1 aromatic carbocycles. The molecule has 1 aromatic rings. The molecule has 0 radical (unpaired) electrons. The first kappa shape index (κ1) is 23.3. The first-order valence-electron chi connectivity index (χ1n) is 8.29. The van der Waals surface area contributed by atoms with Crippen molar-refractivity contribution in [2.24, 2.45) is 5.41 Å². The van der Waals surface area contributed by atoms with E-state index in [0.717, 1.165) is 0 Å². The molecule has 0 N–H and O–H groups in total. The molecule has 0 bridgehead atoms. The van der Waals surface area contributed by atoms with Crippen LogP contribution in [-0.2, 0) is 5.41 Å². The average molecular weight is 384 g/mol. The first-order chi connectivity index (χ1) is 10.1. The van der Waals surface area contributed by atoms with E-state index in [2.05, 4.69) is 83.8 Å². The van der Waals surface area contributed by atoms with E-state index in [0.29, 0.717) is 0 Å². The van der Waals surface area contributed by atoms with Crippen molar-refractivity contribution in [2.75, 3.05) is 11.9 Å². The van der Waals surface area contributed by atoms with E-state index in [9.17, 15) is 0 Å². The van der Waals surface area contributed by atoms with Gasteiger partial charge in [0, 0.05) is 18.2 Å². The van der Waals surface area contributed by atoms with Gasteiger partial charge in [0.25, 0.3) is 0 Å². The van der Waals surface area contributed by atoms with E-state index >= 15 is 0 Å². The van der Waals surface area contributed by atoms with Crippen molar-refractivity contribution in [3.05, 3.63) is 53.3 Å². The van der Waals surface area contributed by atoms with Crippen molar-refractivity contribution in [2.45, 2.75) is 60.8 Å². The Kier molecular flexibility index (Phi) is 9.25. The number of fused-ring (bicyclic) bond motifs is 1. The average Bonchev–Trinajstić information content (AvgIpc) is 2.61. The predicted octanol–water partition coefficient (Wildman–Crippen LogP) is 3.12.